The Bertz CT molecular complexity index is 224. The highest BCUT2D eigenvalue weighted by Crippen LogP contribution is 2.22. The van der Waals surface area contributed by atoms with Crippen molar-refractivity contribution in [3.05, 3.63) is 12.7 Å². The summed E-state index contributed by atoms with van der Waals surface area (Å²) in [4.78, 5) is 21.3. The minimum atomic E-state index is -1.14. The van der Waals surface area contributed by atoms with Crippen LogP contribution in [0.5, 0.6) is 0 Å². The number of amides is 1. The number of allylic oxidation sites excluding steroid dienone is 1. The summed E-state index contributed by atoms with van der Waals surface area (Å²) in [5, 5.41) is 10.5. The average molecular weight is 169 g/mol. The van der Waals surface area contributed by atoms with E-state index >= 15 is 0 Å². The van der Waals surface area contributed by atoms with Crippen molar-refractivity contribution in [3.8, 4) is 0 Å². The van der Waals surface area contributed by atoms with Crippen LogP contribution in [0, 0.1) is 5.92 Å². The molecule has 12 heavy (non-hydrogen) atoms. The number of rotatable bonds is 2. The van der Waals surface area contributed by atoms with Crippen molar-refractivity contribution in [3.63, 3.8) is 0 Å². The van der Waals surface area contributed by atoms with Crippen LogP contribution in [-0.4, -0.2) is 23.0 Å². The SMILES string of the molecule is C=CC1CC(=O)C(NC(=O)O)C1. The highest BCUT2D eigenvalue weighted by Gasteiger charge is 2.31. The van der Waals surface area contributed by atoms with Crippen molar-refractivity contribution >= 4 is 11.9 Å². The van der Waals surface area contributed by atoms with E-state index in [2.05, 4.69) is 11.9 Å². The van der Waals surface area contributed by atoms with E-state index < -0.39 is 12.1 Å². The third kappa shape index (κ3) is 1.84. The van der Waals surface area contributed by atoms with E-state index in [9.17, 15) is 9.59 Å². The zero-order valence-electron chi connectivity index (χ0n) is 6.62. The molecule has 0 aromatic rings. The van der Waals surface area contributed by atoms with Gasteiger partial charge in [-0.2, -0.15) is 0 Å². The largest absolute Gasteiger partial charge is 0.465 e. The molecule has 0 aliphatic heterocycles. The van der Waals surface area contributed by atoms with Gasteiger partial charge in [0.1, 0.15) is 0 Å². The maximum absolute atomic E-state index is 11.1. The van der Waals surface area contributed by atoms with Gasteiger partial charge in [0, 0.05) is 6.42 Å². The fourth-order valence-corrected chi connectivity index (χ4v) is 1.39. The molecular weight excluding hydrogens is 158 g/mol. The van der Waals surface area contributed by atoms with E-state index in [-0.39, 0.29) is 11.7 Å². The van der Waals surface area contributed by atoms with Crippen LogP contribution in [0.2, 0.25) is 0 Å². The molecule has 0 radical (unpaired) electrons. The summed E-state index contributed by atoms with van der Waals surface area (Å²) in [6.07, 6.45) is 1.52. The second kappa shape index (κ2) is 3.38. The first-order chi connectivity index (χ1) is 5.63. The van der Waals surface area contributed by atoms with Crippen LogP contribution < -0.4 is 5.32 Å². The van der Waals surface area contributed by atoms with Crippen molar-refractivity contribution in [2.24, 2.45) is 5.92 Å². The Labute approximate surface area is 70.3 Å². The molecule has 2 atom stereocenters. The molecule has 4 heteroatoms. The third-order valence-electron chi connectivity index (χ3n) is 2.02. The molecule has 1 aliphatic carbocycles. The Morgan fingerprint density at radius 1 is 1.75 bits per heavy atom. The van der Waals surface area contributed by atoms with Crippen molar-refractivity contribution < 1.29 is 14.7 Å². The van der Waals surface area contributed by atoms with Gasteiger partial charge in [0.15, 0.2) is 5.78 Å². The second-order valence-electron chi connectivity index (χ2n) is 2.90. The quantitative estimate of drug-likeness (QED) is 0.600. The van der Waals surface area contributed by atoms with Gasteiger partial charge in [-0.15, -0.1) is 6.58 Å². The van der Waals surface area contributed by atoms with Gasteiger partial charge in [0.05, 0.1) is 6.04 Å². The van der Waals surface area contributed by atoms with Crippen LogP contribution in [0.4, 0.5) is 4.79 Å². The summed E-state index contributed by atoms with van der Waals surface area (Å²) in [6.45, 7) is 3.56. The molecular formula is C8H11NO3. The molecule has 1 rings (SSSR count). The number of carbonyl (C=O) groups excluding carboxylic acids is 1. The van der Waals surface area contributed by atoms with Gasteiger partial charge in [0.25, 0.3) is 0 Å². The van der Waals surface area contributed by atoms with Crippen molar-refractivity contribution in [2.75, 3.05) is 0 Å². The first kappa shape index (κ1) is 8.77. The molecule has 2 unspecified atom stereocenters. The van der Waals surface area contributed by atoms with Crippen LogP contribution >= 0.6 is 0 Å². The van der Waals surface area contributed by atoms with Crippen LogP contribution in [-0.2, 0) is 4.79 Å². The summed E-state index contributed by atoms with van der Waals surface area (Å²) in [6, 6.07) is -0.523. The predicted molar refractivity (Wildman–Crippen MR) is 42.9 cm³/mol. The van der Waals surface area contributed by atoms with Gasteiger partial charge in [-0.05, 0) is 12.3 Å². The number of carboxylic acid groups (broad SMARTS) is 1. The van der Waals surface area contributed by atoms with Crippen molar-refractivity contribution in [2.45, 2.75) is 18.9 Å². The fourth-order valence-electron chi connectivity index (χ4n) is 1.39. The number of Topliss-reactive ketones (excluding diaryl/α,β-unsaturated/α-hetero) is 1. The molecule has 66 valence electrons. The molecule has 1 saturated carbocycles. The van der Waals surface area contributed by atoms with Gasteiger partial charge in [-0.3, -0.25) is 4.79 Å². The lowest BCUT2D eigenvalue weighted by Gasteiger charge is -2.06. The van der Waals surface area contributed by atoms with Crippen LogP contribution in [0.15, 0.2) is 12.7 Å². The number of carbonyl (C=O) groups is 2. The van der Waals surface area contributed by atoms with Gasteiger partial charge in [-0.1, -0.05) is 6.08 Å². The lowest BCUT2D eigenvalue weighted by molar-refractivity contribution is -0.119. The standard InChI is InChI=1S/C8H11NO3/c1-2-5-3-6(7(10)4-5)9-8(11)12/h2,5-6,9H,1,3-4H2,(H,11,12). The molecule has 1 aliphatic rings. The Morgan fingerprint density at radius 2 is 2.42 bits per heavy atom. The number of hydrogen-bond donors (Lipinski definition) is 2. The minimum Gasteiger partial charge on any atom is -0.465 e. The van der Waals surface area contributed by atoms with Crippen molar-refractivity contribution in [1.29, 1.82) is 0 Å². The first-order valence-electron chi connectivity index (χ1n) is 3.78. The van der Waals surface area contributed by atoms with Crippen LogP contribution in [0.1, 0.15) is 12.8 Å². The highest BCUT2D eigenvalue weighted by atomic mass is 16.4. The summed E-state index contributed by atoms with van der Waals surface area (Å²) >= 11 is 0. The van der Waals surface area contributed by atoms with E-state index in [1.165, 1.54) is 0 Å². The summed E-state index contributed by atoms with van der Waals surface area (Å²) in [5.41, 5.74) is 0. The molecule has 0 saturated heterocycles. The molecule has 0 aromatic heterocycles. The number of ketones is 1. The van der Waals surface area contributed by atoms with Gasteiger partial charge >= 0.3 is 6.09 Å². The molecule has 4 nitrogen and oxygen atoms in total. The third-order valence-corrected chi connectivity index (χ3v) is 2.02. The highest BCUT2D eigenvalue weighted by molar-refractivity contribution is 5.89. The second-order valence-corrected chi connectivity index (χ2v) is 2.90. The smallest absolute Gasteiger partial charge is 0.405 e. The van der Waals surface area contributed by atoms with Gasteiger partial charge in [0.2, 0.25) is 0 Å². The molecule has 1 fully saturated rings. The molecule has 0 aromatic carbocycles. The molecule has 0 heterocycles. The fraction of sp³-hybridized carbons (Fsp3) is 0.500. The molecule has 0 spiro atoms. The van der Waals surface area contributed by atoms with Gasteiger partial charge in [-0.25, -0.2) is 4.79 Å². The monoisotopic (exact) mass is 169 g/mol. The zero-order valence-corrected chi connectivity index (χ0v) is 6.62. The summed E-state index contributed by atoms with van der Waals surface area (Å²) in [7, 11) is 0. The Morgan fingerprint density at radius 3 is 2.83 bits per heavy atom. The lowest BCUT2D eigenvalue weighted by atomic mass is 10.1. The molecule has 2 N–H and O–H groups in total. The van der Waals surface area contributed by atoms with E-state index in [1.54, 1.807) is 6.08 Å². The van der Waals surface area contributed by atoms with E-state index in [4.69, 9.17) is 5.11 Å². The minimum absolute atomic E-state index is 0.0395. The van der Waals surface area contributed by atoms with Gasteiger partial charge < -0.3 is 10.4 Å². The first-order valence-corrected chi connectivity index (χ1v) is 3.78. The summed E-state index contributed by atoms with van der Waals surface area (Å²) < 4.78 is 0. The Balaban J connectivity index is 2.51. The molecule has 1 amide bonds. The zero-order chi connectivity index (χ0) is 9.14. The maximum atomic E-state index is 11.1. The number of nitrogens with one attached hydrogen (secondary N) is 1. The molecule has 0 bridgehead atoms. The normalized spacial score (nSPS) is 28.5. The van der Waals surface area contributed by atoms with Crippen molar-refractivity contribution in [1.82, 2.24) is 5.32 Å². The van der Waals surface area contributed by atoms with Crippen LogP contribution in [0.3, 0.4) is 0 Å². The maximum Gasteiger partial charge on any atom is 0.405 e. The lowest BCUT2D eigenvalue weighted by Crippen LogP contribution is -2.36. The predicted octanol–water partition coefficient (Wildman–Crippen LogP) is 0.788. The van der Waals surface area contributed by atoms with Crippen LogP contribution in [0.25, 0.3) is 0 Å². The summed E-state index contributed by atoms with van der Waals surface area (Å²) in [5.74, 6) is 0.0941. The average Bonchev–Trinajstić information content (AvgIpc) is 2.31. The Kier molecular flexibility index (Phi) is 2.47. The Hall–Kier alpha value is -1.32. The van der Waals surface area contributed by atoms with E-state index in [0.717, 1.165) is 0 Å². The number of hydrogen-bond acceptors (Lipinski definition) is 2. The van der Waals surface area contributed by atoms with E-state index in [0.29, 0.717) is 12.8 Å². The van der Waals surface area contributed by atoms with E-state index in [1.807, 2.05) is 0 Å². The topological polar surface area (TPSA) is 66.4 Å².